The van der Waals surface area contributed by atoms with Crippen molar-refractivity contribution in [3.8, 4) is 11.3 Å². The van der Waals surface area contributed by atoms with Crippen molar-refractivity contribution < 1.29 is 0 Å². The highest BCUT2D eigenvalue weighted by molar-refractivity contribution is 5.63. The lowest BCUT2D eigenvalue weighted by molar-refractivity contribution is 0.520. The van der Waals surface area contributed by atoms with E-state index >= 15 is 0 Å². The summed E-state index contributed by atoms with van der Waals surface area (Å²) in [5.74, 6) is 0. The fraction of sp³-hybridized carbons (Fsp3) is 0.438. The molecule has 0 spiro atoms. The van der Waals surface area contributed by atoms with E-state index in [1.165, 1.54) is 16.8 Å². The number of rotatable bonds is 2. The van der Waals surface area contributed by atoms with Gasteiger partial charge in [0.05, 0.1) is 5.69 Å². The van der Waals surface area contributed by atoms with E-state index in [2.05, 4.69) is 56.6 Å². The SMILES string of the molecule is CC.Cc1c(-c2ccccc2)nn(C(C)C)c1C. The lowest BCUT2D eigenvalue weighted by atomic mass is 10.1. The van der Waals surface area contributed by atoms with Crippen LogP contribution in [0.25, 0.3) is 11.3 Å². The zero-order chi connectivity index (χ0) is 13.7. The first kappa shape index (κ1) is 14.5. The van der Waals surface area contributed by atoms with Gasteiger partial charge in [-0.3, -0.25) is 4.68 Å². The van der Waals surface area contributed by atoms with Crippen LogP contribution in [0.15, 0.2) is 30.3 Å². The van der Waals surface area contributed by atoms with Crippen LogP contribution in [0.2, 0.25) is 0 Å². The minimum Gasteiger partial charge on any atom is -0.266 e. The van der Waals surface area contributed by atoms with Crippen molar-refractivity contribution in [1.82, 2.24) is 9.78 Å². The standard InChI is InChI=1S/C14H18N2.C2H6/c1-10(2)16-12(4)11(3)14(15-16)13-8-6-5-7-9-13;1-2/h5-10H,1-4H3;1-2H3. The summed E-state index contributed by atoms with van der Waals surface area (Å²) >= 11 is 0. The van der Waals surface area contributed by atoms with Gasteiger partial charge in [-0.1, -0.05) is 44.2 Å². The molecule has 98 valence electrons. The molecule has 2 nitrogen and oxygen atoms in total. The lowest BCUT2D eigenvalue weighted by Crippen LogP contribution is -2.04. The lowest BCUT2D eigenvalue weighted by Gasteiger charge is -2.07. The number of aromatic nitrogens is 2. The first-order chi connectivity index (χ1) is 8.61. The Bertz CT molecular complexity index is 481. The second-order valence-electron chi connectivity index (χ2n) is 4.46. The van der Waals surface area contributed by atoms with Gasteiger partial charge in [-0.2, -0.15) is 5.10 Å². The zero-order valence-electron chi connectivity index (χ0n) is 12.4. The fourth-order valence-corrected chi connectivity index (χ4v) is 1.97. The zero-order valence-corrected chi connectivity index (χ0v) is 12.4. The summed E-state index contributed by atoms with van der Waals surface area (Å²) in [6.07, 6.45) is 0. The highest BCUT2D eigenvalue weighted by Gasteiger charge is 2.13. The van der Waals surface area contributed by atoms with Crippen LogP contribution in [-0.2, 0) is 0 Å². The van der Waals surface area contributed by atoms with E-state index in [4.69, 9.17) is 5.10 Å². The second-order valence-corrected chi connectivity index (χ2v) is 4.46. The molecule has 0 fully saturated rings. The summed E-state index contributed by atoms with van der Waals surface area (Å²) in [7, 11) is 0. The van der Waals surface area contributed by atoms with Crippen LogP contribution in [0.1, 0.15) is 45.0 Å². The molecule has 0 aliphatic carbocycles. The molecule has 0 radical (unpaired) electrons. The molecular weight excluding hydrogens is 220 g/mol. The summed E-state index contributed by atoms with van der Waals surface area (Å²) in [5, 5.41) is 4.70. The number of nitrogens with zero attached hydrogens (tertiary/aromatic N) is 2. The van der Waals surface area contributed by atoms with Gasteiger partial charge < -0.3 is 0 Å². The largest absolute Gasteiger partial charge is 0.266 e. The molecule has 1 aromatic heterocycles. The number of hydrogen-bond acceptors (Lipinski definition) is 1. The highest BCUT2D eigenvalue weighted by Crippen LogP contribution is 2.25. The van der Waals surface area contributed by atoms with Gasteiger partial charge in [-0.25, -0.2) is 0 Å². The quantitative estimate of drug-likeness (QED) is 0.743. The summed E-state index contributed by atoms with van der Waals surface area (Å²) in [6, 6.07) is 10.8. The van der Waals surface area contributed by atoms with E-state index < -0.39 is 0 Å². The van der Waals surface area contributed by atoms with Gasteiger partial charge in [0.2, 0.25) is 0 Å². The molecule has 2 rings (SSSR count). The maximum atomic E-state index is 4.70. The van der Waals surface area contributed by atoms with E-state index in [-0.39, 0.29) is 0 Å². The van der Waals surface area contributed by atoms with Crippen molar-refractivity contribution in [1.29, 1.82) is 0 Å². The molecule has 18 heavy (non-hydrogen) atoms. The van der Waals surface area contributed by atoms with E-state index in [1.807, 2.05) is 19.9 Å². The van der Waals surface area contributed by atoms with Crippen molar-refractivity contribution in [2.75, 3.05) is 0 Å². The molecule has 0 aliphatic heterocycles. The molecule has 0 N–H and O–H groups in total. The Hall–Kier alpha value is -1.57. The van der Waals surface area contributed by atoms with Gasteiger partial charge >= 0.3 is 0 Å². The average Bonchev–Trinajstić information content (AvgIpc) is 2.70. The maximum absolute atomic E-state index is 4.70. The van der Waals surface area contributed by atoms with Crippen LogP contribution in [0.3, 0.4) is 0 Å². The summed E-state index contributed by atoms with van der Waals surface area (Å²) in [4.78, 5) is 0. The Kier molecular flexibility index (Phi) is 5.14. The van der Waals surface area contributed by atoms with Crippen LogP contribution in [0.4, 0.5) is 0 Å². The first-order valence-corrected chi connectivity index (χ1v) is 6.72. The minimum atomic E-state index is 0.413. The van der Waals surface area contributed by atoms with Crippen LogP contribution in [-0.4, -0.2) is 9.78 Å². The predicted octanol–water partition coefficient (Wildman–Crippen LogP) is 4.77. The topological polar surface area (TPSA) is 17.8 Å². The van der Waals surface area contributed by atoms with Crippen molar-refractivity contribution in [3.63, 3.8) is 0 Å². The summed E-state index contributed by atoms with van der Waals surface area (Å²) in [6.45, 7) is 12.6. The molecule has 2 aromatic rings. The molecule has 0 saturated carbocycles. The molecule has 0 atom stereocenters. The molecular formula is C16H24N2. The van der Waals surface area contributed by atoms with Gasteiger partial charge in [0.1, 0.15) is 0 Å². The van der Waals surface area contributed by atoms with Crippen molar-refractivity contribution in [2.24, 2.45) is 0 Å². The van der Waals surface area contributed by atoms with Crippen molar-refractivity contribution in [3.05, 3.63) is 41.6 Å². The molecule has 0 aliphatic rings. The van der Waals surface area contributed by atoms with E-state index in [0.29, 0.717) is 6.04 Å². The second kappa shape index (κ2) is 6.39. The predicted molar refractivity (Wildman–Crippen MR) is 78.9 cm³/mol. The van der Waals surface area contributed by atoms with Gasteiger partial charge in [-0.15, -0.1) is 0 Å². The molecule has 0 amide bonds. The Morgan fingerprint density at radius 1 is 1.00 bits per heavy atom. The molecule has 0 saturated heterocycles. The average molecular weight is 244 g/mol. The molecule has 1 heterocycles. The van der Waals surface area contributed by atoms with Gasteiger partial charge in [0.15, 0.2) is 0 Å². The highest BCUT2D eigenvalue weighted by atomic mass is 15.3. The summed E-state index contributed by atoms with van der Waals surface area (Å²) in [5.41, 5.74) is 4.84. The molecule has 2 heteroatoms. The third-order valence-electron chi connectivity index (χ3n) is 2.99. The molecule has 1 aromatic carbocycles. The number of benzene rings is 1. The van der Waals surface area contributed by atoms with Gasteiger partial charge in [-0.05, 0) is 33.3 Å². The normalized spacial score (nSPS) is 10.2. The fourth-order valence-electron chi connectivity index (χ4n) is 1.97. The Morgan fingerprint density at radius 2 is 1.56 bits per heavy atom. The van der Waals surface area contributed by atoms with E-state index in [9.17, 15) is 0 Å². The van der Waals surface area contributed by atoms with Gasteiger partial charge in [0.25, 0.3) is 0 Å². The van der Waals surface area contributed by atoms with Crippen LogP contribution in [0.5, 0.6) is 0 Å². The van der Waals surface area contributed by atoms with Crippen LogP contribution >= 0.6 is 0 Å². The Labute approximate surface area is 111 Å². The van der Waals surface area contributed by atoms with Crippen molar-refractivity contribution >= 4 is 0 Å². The first-order valence-electron chi connectivity index (χ1n) is 6.72. The third kappa shape index (κ3) is 2.81. The smallest absolute Gasteiger partial charge is 0.0955 e. The third-order valence-corrected chi connectivity index (χ3v) is 2.99. The Morgan fingerprint density at radius 3 is 2.00 bits per heavy atom. The van der Waals surface area contributed by atoms with Crippen LogP contribution < -0.4 is 0 Å². The van der Waals surface area contributed by atoms with E-state index in [1.54, 1.807) is 0 Å². The summed E-state index contributed by atoms with van der Waals surface area (Å²) < 4.78 is 2.09. The van der Waals surface area contributed by atoms with Crippen molar-refractivity contribution in [2.45, 2.75) is 47.6 Å². The maximum Gasteiger partial charge on any atom is 0.0955 e. The molecule has 0 bridgehead atoms. The minimum absolute atomic E-state index is 0.413. The molecule has 0 unspecified atom stereocenters. The number of hydrogen-bond donors (Lipinski definition) is 0. The monoisotopic (exact) mass is 244 g/mol. The Balaban J connectivity index is 0.000000771. The van der Waals surface area contributed by atoms with E-state index in [0.717, 1.165) is 5.69 Å². The van der Waals surface area contributed by atoms with Crippen LogP contribution in [0, 0.1) is 13.8 Å². The van der Waals surface area contributed by atoms with Gasteiger partial charge in [0, 0.05) is 17.3 Å².